The summed E-state index contributed by atoms with van der Waals surface area (Å²) >= 11 is 0. The molecule has 1 aliphatic rings. The summed E-state index contributed by atoms with van der Waals surface area (Å²) in [5.74, 6) is 0.359. The zero-order valence-electron chi connectivity index (χ0n) is 17.0. The minimum Gasteiger partial charge on any atom is -0.337 e. The Labute approximate surface area is 178 Å². The molecule has 1 saturated heterocycles. The van der Waals surface area contributed by atoms with E-state index in [1.54, 1.807) is 22.8 Å². The van der Waals surface area contributed by atoms with E-state index in [0.29, 0.717) is 29.9 Å². The van der Waals surface area contributed by atoms with Crippen LogP contribution in [0.3, 0.4) is 0 Å². The van der Waals surface area contributed by atoms with Crippen LogP contribution in [0.1, 0.15) is 16.9 Å². The number of rotatable bonds is 4. The van der Waals surface area contributed by atoms with Gasteiger partial charge in [0.2, 0.25) is 0 Å². The molecule has 160 valence electrons. The standard InChI is InChI=1S/C20H21N7O3S/c1-26-16-10-12(22-19-18-15(23-24-19)4-3-8-21-18)5-6-14(16)17(25-26)20(28)27-9-7-13(11-27)31(2,29)30/h3-6,8,10,13H,7,9,11H2,1-2H3,(H2,22,23,24). The molecule has 5 rings (SSSR count). The number of nitrogens with one attached hydrogen (secondary N) is 2. The lowest BCUT2D eigenvalue weighted by atomic mass is 10.1. The molecule has 1 atom stereocenters. The number of pyridine rings is 1. The number of hydrogen-bond acceptors (Lipinski definition) is 7. The Kier molecular flexibility index (Phi) is 4.43. The molecule has 1 fully saturated rings. The van der Waals surface area contributed by atoms with Crippen molar-refractivity contribution in [2.45, 2.75) is 11.7 Å². The third kappa shape index (κ3) is 3.40. The van der Waals surface area contributed by atoms with Gasteiger partial charge in [-0.05, 0) is 36.8 Å². The second-order valence-electron chi connectivity index (χ2n) is 7.79. The monoisotopic (exact) mass is 439 g/mol. The number of anilines is 2. The Bertz CT molecular complexity index is 1420. The van der Waals surface area contributed by atoms with E-state index in [0.717, 1.165) is 22.2 Å². The summed E-state index contributed by atoms with van der Waals surface area (Å²) in [7, 11) is -1.40. The van der Waals surface area contributed by atoms with E-state index in [-0.39, 0.29) is 12.5 Å². The number of likely N-dealkylation sites (tertiary alicyclic amines) is 1. The number of H-pyrrole nitrogens is 1. The fourth-order valence-electron chi connectivity index (χ4n) is 3.98. The van der Waals surface area contributed by atoms with Gasteiger partial charge in [-0.2, -0.15) is 10.2 Å². The van der Waals surface area contributed by atoms with E-state index in [1.807, 2.05) is 30.3 Å². The minimum atomic E-state index is -3.18. The van der Waals surface area contributed by atoms with Gasteiger partial charge >= 0.3 is 0 Å². The van der Waals surface area contributed by atoms with Gasteiger partial charge in [0, 0.05) is 43.7 Å². The highest BCUT2D eigenvalue weighted by Crippen LogP contribution is 2.28. The van der Waals surface area contributed by atoms with Crippen LogP contribution in [-0.4, -0.2) is 68.8 Å². The fourth-order valence-corrected chi connectivity index (χ4v) is 4.97. The van der Waals surface area contributed by atoms with Gasteiger partial charge in [-0.1, -0.05) is 0 Å². The van der Waals surface area contributed by atoms with Crippen LogP contribution in [0.4, 0.5) is 11.5 Å². The van der Waals surface area contributed by atoms with Gasteiger partial charge in [-0.25, -0.2) is 8.42 Å². The number of aryl methyl sites for hydroxylation is 1. The third-order valence-corrected chi connectivity index (χ3v) is 7.27. The Morgan fingerprint density at radius 3 is 2.90 bits per heavy atom. The van der Waals surface area contributed by atoms with Crippen LogP contribution in [0, 0.1) is 0 Å². The highest BCUT2D eigenvalue weighted by atomic mass is 32.2. The Hall–Kier alpha value is -3.47. The maximum absolute atomic E-state index is 13.1. The van der Waals surface area contributed by atoms with Gasteiger partial charge in [0.15, 0.2) is 21.3 Å². The van der Waals surface area contributed by atoms with E-state index >= 15 is 0 Å². The molecule has 2 N–H and O–H groups in total. The second kappa shape index (κ2) is 7.05. The molecule has 0 bridgehead atoms. The summed E-state index contributed by atoms with van der Waals surface area (Å²) < 4.78 is 25.3. The Morgan fingerprint density at radius 2 is 2.13 bits per heavy atom. The lowest BCUT2D eigenvalue weighted by Crippen LogP contribution is -2.32. The summed E-state index contributed by atoms with van der Waals surface area (Å²) in [4.78, 5) is 19.0. The average molecular weight is 440 g/mol. The van der Waals surface area contributed by atoms with Crippen LogP contribution >= 0.6 is 0 Å². The number of amides is 1. The first-order chi connectivity index (χ1) is 14.8. The number of carbonyl (C=O) groups excluding carboxylic acids is 1. The number of nitrogens with zero attached hydrogens (tertiary/aromatic N) is 5. The van der Waals surface area contributed by atoms with Crippen molar-refractivity contribution >= 4 is 49.2 Å². The molecular formula is C20H21N7O3S. The van der Waals surface area contributed by atoms with Crippen LogP contribution < -0.4 is 5.32 Å². The summed E-state index contributed by atoms with van der Waals surface area (Å²) in [6.07, 6.45) is 3.38. The molecule has 1 unspecified atom stereocenters. The third-order valence-electron chi connectivity index (χ3n) is 5.67. The normalized spacial score (nSPS) is 17.0. The number of aromatic amines is 1. The molecule has 1 aromatic carbocycles. The Morgan fingerprint density at radius 1 is 1.29 bits per heavy atom. The lowest BCUT2D eigenvalue weighted by Gasteiger charge is -2.14. The van der Waals surface area contributed by atoms with Crippen LogP contribution in [0.5, 0.6) is 0 Å². The quantitative estimate of drug-likeness (QED) is 0.497. The second-order valence-corrected chi connectivity index (χ2v) is 10.1. The van der Waals surface area contributed by atoms with Gasteiger partial charge in [0.25, 0.3) is 5.91 Å². The molecule has 1 amide bonds. The van der Waals surface area contributed by atoms with Gasteiger partial charge in [-0.3, -0.25) is 19.6 Å². The highest BCUT2D eigenvalue weighted by molar-refractivity contribution is 7.91. The van der Waals surface area contributed by atoms with E-state index in [1.165, 1.54) is 6.26 Å². The first-order valence-electron chi connectivity index (χ1n) is 9.82. The molecular weight excluding hydrogens is 418 g/mol. The first kappa shape index (κ1) is 19.5. The predicted molar refractivity (Wildman–Crippen MR) is 117 cm³/mol. The van der Waals surface area contributed by atoms with Crippen molar-refractivity contribution in [2.75, 3.05) is 24.7 Å². The van der Waals surface area contributed by atoms with E-state index < -0.39 is 15.1 Å². The maximum Gasteiger partial charge on any atom is 0.275 e. The Balaban J connectivity index is 1.44. The molecule has 31 heavy (non-hydrogen) atoms. The van der Waals surface area contributed by atoms with Crippen molar-refractivity contribution in [1.82, 2.24) is 29.9 Å². The highest BCUT2D eigenvalue weighted by Gasteiger charge is 2.34. The fraction of sp³-hybridized carbons (Fsp3) is 0.300. The molecule has 11 heteroatoms. The van der Waals surface area contributed by atoms with Crippen molar-refractivity contribution in [2.24, 2.45) is 7.05 Å². The molecule has 0 saturated carbocycles. The van der Waals surface area contributed by atoms with Crippen LogP contribution in [0.15, 0.2) is 36.5 Å². The van der Waals surface area contributed by atoms with E-state index in [4.69, 9.17) is 0 Å². The molecule has 10 nitrogen and oxygen atoms in total. The average Bonchev–Trinajstić information content (AvgIpc) is 3.46. The molecule has 0 radical (unpaired) electrons. The van der Waals surface area contributed by atoms with Crippen molar-refractivity contribution < 1.29 is 13.2 Å². The molecule has 3 aromatic heterocycles. The summed E-state index contributed by atoms with van der Waals surface area (Å²) in [5.41, 5.74) is 3.45. The van der Waals surface area contributed by atoms with Gasteiger partial charge in [0.1, 0.15) is 5.52 Å². The van der Waals surface area contributed by atoms with Crippen LogP contribution in [0.25, 0.3) is 21.9 Å². The lowest BCUT2D eigenvalue weighted by molar-refractivity contribution is 0.0788. The minimum absolute atomic E-state index is 0.203. The van der Waals surface area contributed by atoms with Crippen molar-refractivity contribution in [3.8, 4) is 0 Å². The van der Waals surface area contributed by atoms with Crippen LogP contribution in [0.2, 0.25) is 0 Å². The van der Waals surface area contributed by atoms with Crippen molar-refractivity contribution in [1.29, 1.82) is 0 Å². The number of fused-ring (bicyclic) bond motifs is 2. The number of sulfone groups is 1. The summed E-state index contributed by atoms with van der Waals surface area (Å²) in [6.45, 7) is 0.613. The topological polar surface area (TPSA) is 126 Å². The number of hydrogen-bond donors (Lipinski definition) is 2. The van der Waals surface area contributed by atoms with E-state index in [9.17, 15) is 13.2 Å². The van der Waals surface area contributed by atoms with Gasteiger partial charge in [-0.15, -0.1) is 0 Å². The maximum atomic E-state index is 13.1. The van der Waals surface area contributed by atoms with Crippen molar-refractivity contribution in [3.63, 3.8) is 0 Å². The smallest absolute Gasteiger partial charge is 0.275 e. The van der Waals surface area contributed by atoms with Gasteiger partial charge in [0.05, 0.1) is 16.3 Å². The zero-order chi connectivity index (χ0) is 21.8. The summed E-state index contributed by atoms with van der Waals surface area (Å²) in [6, 6.07) is 9.32. The first-order valence-corrected chi connectivity index (χ1v) is 11.8. The zero-order valence-corrected chi connectivity index (χ0v) is 17.8. The van der Waals surface area contributed by atoms with Gasteiger partial charge < -0.3 is 10.2 Å². The van der Waals surface area contributed by atoms with E-state index in [2.05, 4.69) is 25.6 Å². The largest absolute Gasteiger partial charge is 0.337 e. The number of aromatic nitrogens is 5. The molecule has 0 spiro atoms. The summed E-state index contributed by atoms with van der Waals surface area (Å²) in [5, 5.41) is 15.1. The molecule has 4 heterocycles. The molecule has 4 aromatic rings. The molecule has 1 aliphatic heterocycles. The van der Waals surface area contributed by atoms with Crippen molar-refractivity contribution in [3.05, 3.63) is 42.2 Å². The SMILES string of the molecule is Cn1nc(C(=O)N2CCC(S(C)(=O)=O)C2)c2ccc(Nc3n[nH]c4cccnc34)cc21. The predicted octanol–water partition coefficient (Wildman–Crippen LogP) is 1.85. The van der Waals surface area contributed by atoms with Crippen LogP contribution in [-0.2, 0) is 16.9 Å². The number of carbonyl (C=O) groups is 1. The number of benzene rings is 1. The molecule has 0 aliphatic carbocycles.